The van der Waals surface area contributed by atoms with Gasteiger partial charge in [0.15, 0.2) is 0 Å². The van der Waals surface area contributed by atoms with Crippen LogP contribution in [0.2, 0.25) is 0 Å². The Labute approximate surface area is 141 Å². The maximum Gasteiger partial charge on any atom is 0.0604 e. The summed E-state index contributed by atoms with van der Waals surface area (Å²) in [6.45, 7) is 14.5. The molecule has 0 heterocycles. The van der Waals surface area contributed by atoms with E-state index in [9.17, 15) is 0 Å². The molecule has 0 radical (unpaired) electrons. The van der Waals surface area contributed by atoms with Crippen LogP contribution in [0.3, 0.4) is 0 Å². The number of nitrogens with zero attached hydrogens (tertiary/aromatic N) is 2. The molecular weight excluding hydrogens is 282 g/mol. The van der Waals surface area contributed by atoms with E-state index < -0.39 is 0 Å². The molecule has 1 saturated carbocycles. The lowest BCUT2D eigenvalue weighted by atomic mass is 9.59. The third-order valence-corrected chi connectivity index (χ3v) is 5.70. The molecule has 23 heavy (non-hydrogen) atoms. The standard InChI is InChI=1S/C20H31N3/c1-7-17-11-18-9-8-10-19(15(2)23(5)6)14-20(12-17,13-18)16(3)22-21-4/h17-19,22H,2-4,7,9,11-14H2,1,5-6H3. The smallest absolute Gasteiger partial charge is 0.0604 e. The summed E-state index contributed by atoms with van der Waals surface area (Å²) >= 11 is 0. The minimum atomic E-state index is 0.0451. The Kier molecular flexibility index (Phi) is 5.57. The van der Waals surface area contributed by atoms with Gasteiger partial charge in [0.1, 0.15) is 0 Å². The Morgan fingerprint density at radius 1 is 1.30 bits per heavy atom. The van der Waals surface area contributed by atoms with Crippen molar-refractivity contribution in [3.8, 4) is 11.8 Å². The van der Waals surface area contributed by atoms with Crippen LogP contribution in [0.1, 0.15) is 45.4 Å². The van der Waals surface area contributed by atoms with Crippen molar-refractivity contribution in [2.75, 3.05) is 14.1 Å². The maximum atomic E-state index is 4.32. The molecule has 2 aliphatic carbocycles. The number of hydrogen-bond donors (Lipinski definition) is 1. The van der Waals surface area contributed by atoms with E-state index in [1.54, 1.807) is 0 Å². The highest BCUT2D eigenvalue weighted by Crippen LogP contribution is 2.52. The van der Waals surface area contributed by atoms with Crippen molar-refractivity contribution in [1.82, 2.24) is 10.3 Å². The zero-order chi connectivity index (χ0) is 17.0. The summed E-state index contributed by atoms with van der Waals surface area (Å²) in [5.74, 6) is 8.51. The molecule has 1 N–H and O–H groups in total. The molecule has 0 saturated heterocycles. The van der Waals surface area contributed by atoms with E-state index in [0.717, 1.165) is 36.6 Å². The van der Waals surface area contributed by atoms with Gasteiger partial charge in [0.2, 0.25) is 0 Å². The van der Waals surface area contributed by atoms with Crippen molar-refractivity contribution in [2.45, 2.75) is 45.4 Å². The summed E-state index contributed by atoms with van der Waals surface area (Å²) in [6.07, 6.45) is 6.80. The van der Waals surface area contributed by atoms with E-state index in [4.69, 9.17) is 0 Å². The van der Waals surface area contributed by atoms with Gasteiger partial charge in [0.25, 0.3) is 0 Å². The molecule has 0 aromatic heterocycles. The van der Waals surface area contributed by atoms with Gasteiger partial charge < -0.3 is 4.90 Å². The van der Waals surface area contributed by atoms with Crippen LogP contribution in [-0.4, -0.2) is 25.7 Å². The fourth-order valence-electron chi connectivity index (χ4n) is 4.32. The average Bonchev–Trinajstić information content (AvgIpc) is 2.51. The van der Waals surface area contributed by atoms with E-state index in [1.165, 1.54) is 19.3 Å². The summed E-state index contributed by atoms with van der Waals surface area (Å²) in [4.78, 5) is 2.09. The van der Waals surface area contributed by atoms with Crippen LogP contribution in [0.5, 0.6) is 0 Å². The van der Waals surface area contributed by atoms with Crippen LogP contribution in [0.15, 0.2) is 29.7 Å². The number of fused-ring (bicyclic) bond motifs is 2. The van der Waals surface area contributed by atoms with E-state index in [1.807, 2.05) is 14.1 Å². The maximum absolute atomic E-state index is 4.32. The van der Waals surface area contributed by atoms with Crippen molar-refractivity contribution in [3.63, 3.8) is 0 Å². The molecular formula is C20H31N3. The number of nitrogens with one attached hydrogen (secondary N) is 1. The molecule has 0 amide bonds. The Bertz CT molecular complexity index is 537. The van der Waals surface area contributed by atoms with E-state index in [2.05, 4.69) is 54.1 Å². The normalized spacial score (nSPS) is 32.6. The predicted octanol–water partition coefficient (Wildman–Crippen LogP) is 4.01. The zero-order valence-corrected chi connectivity index (χ0v) is 15.0. The third kappa shape index (κ3) is 3.80. The van der Waals surface area contributed by atoms with Gasteiger partial charge in [-0.05, 0) is 37.5 Å². The number of hydrogen-bond acceptors (Lipinski definition) is 3. The first kappa shape index (κ1) is 17.7. The molecule has 0 aliphatic heterocycles. The summed E-state index contributed by atoms with van der Waals surface area (Å²) < 4.78 is 0. The van der Waals surface area contributed by atoms with Gasteiger partial charge in [-0.2, -0.15) is 5.10 Å². The molecule has 2 bridgehead atoms. The van der Waals surface area contributed by atoms with Gasteiger partial charge in [0, 0.05) is 44.0 Å². The fraction of sp³-hybridized carbons (Fsp3) is 0.650. The first-order chi connectivity index (χ1) is 10.9. The van der Waals surface area contributed by atoms with E-state index >= 15 is 0 Å². The molecule has 2 rings (SSSR count). The van der Waals surface area contributed by atoms with E-state index in [0.29, 0.717) is 5.92 Å². The zero-order valence-electron chi connectivity index (χ0n) is 15.0. The van der Waals surface area contributed by atoms with Crippen molar-refractivity contribution >= 4 is 6.72 Å². The first-order valence-corrected chi connectivity index (χ1v) is 8.67. The van der Waals surface area contributed by atoms with Crippen LogP contribution in [0, 0.1) is 35.0 Å². The Hall–Kier alpha value is -1.69. The fourth-order valence-corrected chi connectivity index (χ4v) is 4.32. The van der Waals surface area contributed by atoms with Crippen molar-refractivity contribution in [3.05, 3.63) is 24.6 Å². The minimum Gasteiger partial charge on any atom is -0.380 e. The molecule has 0 aromatic rings. The lowest BCUT2D eigenvalue weighted by molar-refractivity contribution is 0.0956. The predicted molar refractivity (Wildman–Crippen MR) is 98.7 cm³/mol. The second-order valence-corrected chi connectivity index (χ2v) is 7.48. The molecule has 4 atom stereocenters. The van der Waals surface area contributed by atoms with Gasteiger partial charge in [-0.25, -0.2) is 0 Å². The molecule has 3 nitrogen and oxygen atoms in total. The monoisotopic (exact) mass is 313 g/mol. The highest BCUT2D eigenvalue weighted by molar-refractivity contribution is 5.26. The second kappa shape index (κ2) is 7.25. The minimum absolute atomic E-state index is 0.0451. The molecule has 0 aromatic carbocycles. The van der Waals surface area contributed by atoms with Crippen LogP contribution >= 0.6 is 0 Å². The van der Waals surface area contributed by atoms with Crippen molar-refractivity contribution in [1.29, 1.82) is 0 Å². The van der Waals surface area contributed by atoms with Crippen LogP contribution in [-0.2, 0) is 0 Å². The molecule has 126 valence electrons. The first-order valence-electron chi connectivity index (χ1n) is 8.67. The summed E-state index contributed by atoms with van der Waals surface area (Å²) in [7, 11) is 4.10. The molecule has 2 aliphatic rings. The Balaban J connectivity index is 2.38. The SMILES string of the molecule is C=NNC(=C)C12CC(CC)CC(CC#CC(C(=C)N(C)C)C1)C2. The van der Waals surface area contributed by atoms with Crippen molar-refractivity contribution in [2.24, 2.45) is 28.3 Å². The molecule has 0 spiro atoms. The van der Waals surface area contributed by atoms with Gasteiger partial charge in [-0.15, -0.1) is 5.92 Å². The quantitative estimate of drug-likeness (QED) is 0.456. The van der Waals surface area contributed by atoms with Gasteiger partial charge in [0.05, 0.1) is 5.92 Å². The van der Waals surface area contributed by atoms with Crippen LogP contribution in [0.4, 0.5) is 0 Å². The summed E-state index contributed by atoms with van der Waals surface area (Å²) in [5.41, 5.74) is 5.22. The third-order valence-electron chi connectivity index (χ3n) is 5.70. The lowest BCUT2D eigenvalue weighted by Gasteiger charge is -2.47. The largest absolute Gasteiger partial charge is 0.380 e. The molecule has 4 unspecified atom stereocenters. The number of hydrazone groups is 1. The number of rotatable bonds is 6. The Morgan fingerprint density at radius 3 is 2.65 bits per heavy atom. The van der Waals surface area contributed by atoms with E-state index in [-0.39, 0.29) is 11.3 Å². The van der Waals surface area contributed by atoms with Gasteiger partial charge >= 0.3 is 0 Å². The van der Waals surface area contributed by atoms with Crippen LogP contribution < -0.4 is 5.43 Å². The summed E-state index contributed by atoms with van der Waals surface area (Å²) in [6, 6.07) is 0. The van der Waals surface area contributed by atoms with Gasteiger partial charge in [-0.1, -0.05) is 32.4 Å². The summed E-state index contributed by atoms with van der Waals surface area (Å²) in [5, 5.41) is 3.89. The highest BCUT2D eigenvalue weighted by atomic mass is 15.3. The highest BCUT2D eigenvalue weighted by Gasteiger charge is 2.44. The van der Waals surface area contributed by atoms with Crippen LogP contribution in [0.25, 0.3) is 0 Å². The topological polar surface area (TPSA) is 27.6 Å². The second-order valence-electron chi connectivity index (χ2n) is 7.48. The average molecular weight is 313 g/mol. The number of allylic oxidation sites excluding steroid dienone is 2. The van der Waals surface area contributed by atoms with Gasteiger partial charge in [-0.3, -0.25) is 5.43 Å². The van der Waals surface area contributed by atoms with Crippen molar-refractivity contribution < 1.29 is 0 Å². The molecule has 1 fully saturated rings. The Morgan fingerprint density at radius 2 is 2.04 bits per heavy atom. The lowest BCUT2D eigenvalue weighted by Crippen LogP contribution is -2.40. The molecule has 3 heteroatoms.